The Morgan fingerprint density at radius 1 is 1.43 bits per heavy atom. The van der Waals surface area contributed by atoms with Crippen molar-refractivity contribution in [1.82, 2.24) is 0 Å². The normalized spacial score (nSPS) is 12.8. The van der Waals surface area contributed by atoms with Crippen LogP contribution >= 0.6 is 11.6 Å². The van der Waals surface area contributed by atoms with Crippen LogP contribution in [0, 0.1) is 5.92 Å². The van der Waals surface area contributed by atoms with Crippen LogP contribution < -0.4 is 5.73 Å². The molecule has 4 heteroatoms. The lowest BCUT2D eigenvalue weighted by Gasteiger charge is -2.11. The Bertz CT molecular complexity index is 300. The zero-order valence-corrected chi connectivity index (χ0v) is 8.54. The van der Waals surface area contributed by atoms with Gasteiger partial charge in [-0.1, -0.05) is 17.7 Å². The van der Waals surface area contributed by atoms with Gasteiger partial charge in [-0.3, -0.25) is 0 Å². The van der Waals surface area contributed by atoms with Gasteiger partial charge in [0, 0.05) is 6.61 Å². The fraction of sp³-hybridized carbons (Fsp3) is 0.400. The van der Waals surface area contributed by atoms with Crippen molar-refractivity contribution in [3.05, 3.63) is 28.8 Å². The number of hydrogen-bond acceptors (Lipinski definition) is 3. The molecule has 0 aliphatic rings. The number of aliphatic hydroxyl groups excluding tert-OH is 1. The molecule has 1 aromatic carbocycles. The summed E-state index contributed by atoms with van der Waals surface area (Å²) in [7, 11) is 0. The number of rotatable bonds is 4. The van der Waals surface area contributed by atoms with E-state index in [-0.39, 0.29) is 18.3 Å². The molecule has 0 saturated carbocycles. The number of hydrogen-bond donors (Lipinski definition) is 3. The summed E-state index contributed by atoms with van der Waals surface area (Å²) in [4.78, 5) is 0. The standard InChI is InChI=1S/C10H14ClNO2/c11-9-4-7(1-2-10(9)14)3-8(5-12)6-13/h1-2,4,8,13-14H,3,5-6,12H2. The minimum Gasteiger partial charge on any atom is -0.506 e. The average Bonchev–Trinajstić information content (AvgIpc) is 2.19. The van der Waals surface area contributed by atoms with Crippen molar-refractivity contribution in [2.75, 3.05) is 13.2 Å². The number of phenols is 1. The molecule has 3 nitrogen and oxygen atoms in total. The highest BCUT2D eigenvalue weighted by Crippen LogP contribution is 2.24. The van der Waals surface area contributed by atoms with Crippen LogP contribution in [-0.2, 0) is 6.42 Å². The summed E-state index contributed by atoms with van der Waals surface area (Å²) in [6.07, 6.45) is 0.674. The zero-order chi connectivity index (χ0) is 10.6. The molecule has 4 N–H and O–H groups in total. The lowest BCUT2D eigenvalue weighted by atomic mass is 10.0. The van der Waals surface area contributed by atoms with Crippen molar-refractivity contribution in [2.24, 2.45) is 11.7 Å². The maximum absolute atomic E-state index is 9.19. The molecule has 0 radical (unpaired) electrons. The van der Waals surface area contributed by atoms with E-state index in [2.05, 4.69) is 0 Å². The van der Waals surface area contributed by atoms with Gasteiger partial charge in [0.15, 0.2) is 0 Å². The number of nitrogens with two attached hydrogens (primary N) is 1. The van der Waals surface area contributed by atoms with E-state index < -0.39 is 0 Å². The molecule has 1 rings (SSSR count). The van der Waals surface area contributed by atoms with E-state index in [1.54, 1.807) is 18.2 Å². The van der Waals surface area contributed by atoms with Crippen molar-refractivity contribution < 1.29 is 10.2 Å². The number of halogens is 1. The van der Waals surface area contributed by atoms with Gasteiger partial charge in [-0.15, -0.1) is 0 Å². The highest BCUT2D eigenvalue weighted by atomic mass is 35.5. The number of aromatic hydroxyl groups is 1. The van der Waals surface area contributed by atoms with Crippen molar-refractivity contribution >= 4 is 11.6 Å². The summed E-state index contributed by atoms with van der Waals surface area (Å²) in [6.45, 7) is 0.504. The second-order valence-corrected chi connectivity index (χ2v) is 3.68. The van der Waals surface area contributed by atoms with E-state index in [0.717, 1.165) is 5.56 Å². The Morgan fingerprint density at radius 2 is 2.14 bits per heavy atom. The highest BCUT2D eigenvalue weighted by molar-refractivity contribution is 6.32. The van der Waals surface area contributed by atoms with E-state index >= 15 is 0 Å². The molecule has 0 spiro atoms. The number of benzene rings is 1. The lowest BCUT2D eigenvalue weighted by Crippen LogP contribution is -2.20. The molecule has 0 fully saturated rings. The third kappa shape index (κ3) is 2.87. The molecular weight excluding hydrogens is 202 g/mol. The summed E-state index contributed by atoms with van der Waals surface area (Å²) in [5.74, 6) is 0.124. The molecule has 0 heterocycles. The van der Waals surface area contributed by atoms with Gasteiger partial charge in [0.2, 0.25) is 0 Å². The Kier molecular flexibility index (Phi) is 4.20. The molecule has 0 aliphatic carbocycles. The minimum atomic E-state index is 0.0515. The maximum Gasteiger partial charge on any atom is 0.134 e. The largest absolute Gasteiger partial charge is 0.506 e. The fourth-order valence-electron chi connectivity index (χ4n) is 1.23. The van der Waals surface area contributed by atoms with E-state index in [1.165, 1.54) is 0 Å². The first-order valence-corrected chi connectivity index (χ1v) is 4.83. The van der Waals surface area contributed by atoms with E-state index in [1.807, 2.05) is 0 Å². The van der Waals surface area contributed by atoms with Crippen LogP contribution in [0.4, 0.5) is 0 Å². The molecule has 0 aromatic heterocycles. The molecule has 1 aromatic rings. The first-order chi connectivity index (χ1) is 6.67. The fourth-order valence-corrected chi connectivity index (χ4v) is 1.44. The molecule has 0 bridgehead atoms. The second kappa shape index (κ2) is 5.20. The van der Waals surface area contributed by atoms with Gasteiger partial charge in [0.1, 0.15) is 5.75 Å². The first-order valence-electron chi connectivity index (χ1n) is 4.45. The number of phenolic OH excluding ortho intramolecular Hbond substituents is 1. The van der Waals surface area contributed by atoms with Crippen molar-refractivity contribution in [2.45, 2.75) is 6.42 Å². The molecule has 14 heavy (non-hydrogen) atoms. The third-order valence-electron chi connectivity index (χ3n) is 2.13. The van der Waals surface area contributed by atoms with Crippen LogP contribution in [0.25, 0.3) is 0 Å². The summed E-state index contributed by atoms with van der Waals surface area (Å²) < 4.78 is 0. The van der Waals surface area contributed by atoms with Crippen molar-refractivity contribution in [1.29, 1.82) is 0 Å². The third-order valence-corrected chi connectivity index (χ3v) is 2.43. The van der Waals surface area contributed by atoms with Gasteiger partial charge in [0.25, 0.3) is 0 Å². The maximum atomic E-state index is 9.19. The van der Waals surface area contributed by atoms with Crippen LogP contribution in [0.15, 0.2) is 18.2 Å². The minimum absolute atomic E-state index is 0.0515. The van der Waals surface area contributed by atoms with Crippen LogP contribution in [0.1, 0.15) is 5.56 Å². The Balaban J connectivity index is 2.72. The monoisotopic (exact) mass is 215 g/mol. The first kappa shape index (κ1) is 11.3. The number of aliphatic hydroxyl groups is 1. The Labute approximate surface area is 88.1 Å². The van der Waals surface area contributed by atoms with E-state index in [9.17, 15) is 5.11 Å². The summed E-state index contributed by atoms with van der Waals surface area (Å²) in [5.41, 5.74) is 6.43. The van der Waals surface area contributed by atoms with Gasteiger partial charge in [0.05, 0.1) is 5.02 Å². The van der Waals surface area contributed by atoms with Gasteiger partial charge >= 0.3 is 0 Å². The smallest absolute Gasteiger partial charge is 0.134 e. The Hall–Kier alpha value is -0.770. The predicted octanol–water partition coefficient (Wildman–Crippen LogP) is 1.16. The van der Waals surface area contributed by atoms with Crippen LogP contribution in [0.5, 0.6) is 5.75 Å². The summed E-state index contributed by atoms with van der Waals surface area (Å²) in [6, 6.07) is 5.01. The van der Waals surface area contributed by atoms with Crippen molar-refractivity contribution in [3.63, 3.8) is 0 Å². The van der Waals surface area contributed by atoms with Gasteiger partial charge in [-0.25, -0.2) is 0 Å². The summed E-state index contributed by atoms with van der Waals surface area (Å²) in [5, 5.41) is 18.5. The van der Waals surface area contributed by atoms with Crippen LogP contribution in [0.2, 0.25) is 5.02 Å². The van der Waals surface area contributed by atoms with Gasteiger partial charge < -0.3 is 15.9 Å². The summed E-state index contributed by atoms with van der Waals surface area (Å²) >= 11 is 5.74. The van der Waals surface area contributed by atoms with E-state index in [0.29, 0.717) is 18.0 Å². The van der Waals surface area contributed by atoms with Crippen molar-refractivity contribution in [3.8, 4) is 5.75 Å². The highest BCUT2D eigenvalue weighted by Gasteiger charge is 2.07. The Morgan fingerprint density at radius 3 is 2.64 bits per heavy atom. The SMILES string of the molecule is NCC(CO)Cc1ccc(O)c(Cl)c1. The quantitative estimate of drug-likeness (QED) is 0.706. The second-order valence-electron chi connectivity index (χ2n) is 3.27. The zero-order valence-electron chi connectivity index (χ0n) is 7.78. The van der Waals surface area contributed by atoms with E-state index in [4.69, 9.17) is 22.4 Å². The van der Waals surface area contributed by atoms with Crippen LogP contribution in [0.3, 0.4) is 0 Å². The van der Waals surface area contributed by atoms with Gasteiger partial charge in [-0.05, 0) is 36.6 Å². The predicted molar refractivity (Wildman–Crippen MR) is 56.5 cm³/mol. The molecular formula is C10H14ClNO2. The molecule has 0 amide bonds. The molecule has 0 saturated heterocycles. The van der Waals surface area contributed by atoms with Gasteiger partial charge in [-0.2, -0.15) is 0 Å². The topological polar surface area (TPSA) is 66.5 Å². The lowest BCUT2D eigenvalue weighted by molar-refractivity contribution is 0.230. The molecule has 1 atom stereocenters. The molecule has 0 aliphatic heterocycles. The average molecular weight is 216 g/mol. The van der Waals surface area contributed by atoms with Crippen LogP contribution in [-0.4, -0.2) is 23.4 Å². The molecule has 78 valence electrons. The molecule has 1 unspecified atom stereocenters.